The third kappa shape index (κ3) is 4.82. The Bertz CT molecular complexity index is 632. The van der Waals surface area contributed by atoms with Crippen molar-refractivity contribution in [3.8, 4) is 5.88 Å². The third-order valence-electron chi connectivity index (χ3n) is 3.06. The zero-order valence-corrected chi connectivity index (χ0v) is 13.2. The lowest BCUT2D eigenvalue weighted by Gasteiger charge is -2.16. The summed E-state index contributed by atoms with van der Waals surface area (Å²) in [5, 5.41) is 0. The summed E-state index contributed by atoms with van der Waals surface area (Å²) >= 11 is 0. The van der Waals surface area contributed by atoms with Gasteiger partial charge in [0.25, 0.3) is 0 Å². The fraction of sp³-hybridized carbons (Fsp3) is 0.615. The Morgan fingerprint density at radius 3 is 2.41 bits per heavy atom. The Morgan fingerprint density at radius 2 is 1.91 bits per heavy atom. The molecule has 0 spiro atoms. The van der Waals surface area contributed by atoms with Crippen molar-refractivity contribution >= 4 is 9.84 Å². The number of halogens is 4. The molecule has 0 saturated heterocycles. The van der Waals surface area contributed by atoms with E-state index in [0.29, 0.717) is 11.3 Å². The highest BCUT2D eigenvalue weighted by atomic mass is 32.2. The highest BCUT2D eigenvalue weighted by molar-refractivity contribution is 7.90. The molecular weight excluding hydrogens is 326 g/mol. The van der Waals surface area contributed by atoms with Crippen molar-refractivity contribution in [2.24, 2.45) is 0 Å². The molecule has 1 heterocycles. The Hall–Kier alpha value is -1.38. The zero-order valence-electron chi connectivity index (χ0n) is 12.4. The predicted octanol–water partition coefficient (Wildman–Crippen LogP) is 2.91. The van der Waals surface area contributed by atoms with E-state index in [0.717, 1.165) is 0 Å². The first-order valence-electron chi connectivity index (χ1n) is 6.36. The Balaban J connectivity index is 2.95. The van der Waals surface area contributed by atoms with Gasteiger partial charge in [-0.1, -0.05) is 0 Å². The molecule has 0 amide bonds. The largest absolute Gasteiger partial charge is 0.481 e. The molecule has 0 aliphatic rings. The number of sulfone groups is 1. The average molecular weight is 343 g/mol. The number of alkyl halides is 4. The van der Waals surface area contributed by atoms with Gasteiger partial charge in [0.05, 0.1) is 18.6 Å². The summed E-state index contributed by atoms with van der Waals surface area (Å²) < 4.78 is 78.6. The summed E-state index contributed by atoms with van der Waals surface area (Å²) in [7, 11) is -2.69. The van der Waals surface area contributed by atoms with Crippen LogP contribution in [0, 0.1) is 13.8 Å². The van der Waals surface area contributed by atoms with Crippen molar-refractivity contribution in [1.82, 2.24) is 4.98 Å². The monoisotopic (exact) mass is 343 g/mol. The van der Waals surface area contributed by atoms with Crippen LogP contribution in [0.3, 0.4) is 0 Å². The molecule has 1 rings (SSSR count). The third-order valence-corrected chi connectivity index (χ3v) is 4.62. The molecule has 1 aromatic rings. The van der Waals surface area contributed by atoms with Crippen LogP contribution in [0.5, 0.6) is 5.88 Å². The van der Waals surface area contributed by atoms with Gasteiger partial charge < -0.3 is 4.74 Å². The molecule has 0 aliphatic carbocycles. The van der Waals surface area contributed by atoms with Crippen LogP contribution < -0.4 is 4.74 Å². The standard InChI is InChI=1S/C13H17F4NO3S/c1-8-6-9(2)18-11(21-3)10(8)7-22(19,20)5-4-13(16,17)12(14)15/h6,12H,4-5,7H2,1-3H3. The van der Waals surface area contributed by atoms with Crippen molar-refractivity contribution in [3.63, 3.8) is 0 Å². The molecule has 0 unspecified atom stereocenters. The Morgan fingerprint density at radius 1 is 1.32 bits per heavy atom. The topological polar surface area (TPSA) is 56.3 Å². The Labute approximate surface area is 126 Å². The minimum absolute atomic E-state index is 0.0849. The van der Waals surface area contributed by atoms with Crippen molar-refractivity contribution < 1.29 is 30.7 Å². The van der Waals surface area contributed by atoms with Gasteiger partial charge in [0.2, 0.25) is 5.88 Å². The van der Waals surface area contributed by atoms with Gasteiger partial charge in [0.15, 0.2) is 9.84 Å². The van der Waals surface area contributed by atoms with Crippen LogP contribution >= 0.6 is 0 Å². The van der Waals surface area contributed by atoms with Gasteiger partial charge in [-0.15, -0.1) is 0 Å². The minimum Gasteiger partial charge on any atom is -0.481 e. The van der Waals surface area contributed by atoms with Crippen LogP contribution in [0.2, 0.25) is 0 Å². The van der Waals surface area contributed by atoms with Crippen molar-refractivity contribution in [2.45, 2.75) is 38.4 Å². The molecular formula is C13H17F4NO3S. The number of aromatic nitrogens is 1. The highest BCUT2D eigenvalue weighted by Gasteiger charge is 2.41. The van der Waals surface area contributed by atoms with Crippen LogP contribution in [-0.2, 0) is 15.6 Å². The molecule has 9 heteroatoms. The summed E-state index contributed by atoms with van der Waals surface area (Å²) in [4.78, 5) is 4.02. The van der Waals surface area contributed by atoms with E-state index in [1.54, 1.807) is 19.9 Å². The summed E-state index contributed by atoms with van der Waals surface area (Å²) in [6.45, 7) is 3.33. The second-order valence-electron chi connectivity index (χ2n) is 4.97. The van der Waals surface area contributed by atoms with Crippen LogP contribution in [0.4, 0.5) is 17.6 Å². The zero-order chi connectivity index (χ0) is 17.1. The molecule has 1 aromatic heterocycles. The molecule has 0 saturated carbocycles. The molecule has 0 radical (unpaired) electrons. The van der Waals surface area contributed by atoms with E-state index in [4.69, 9.17) is 4.74 Å². The van der Waals surface area contributed by atoms with Gasteiger partial charge in [-0.05, 0) is 25.5 Å². The van der Waals surface area contributed by atoms with Crippen LogP contribution in [0.1, 0.15) is 23.2 Å². The van der Waals surface area contributed by atoms with Gasteiger partial charge in [-0.25, -0.2) is 31.0 Å². The molecule has 0 aromatic carbocycles. The molecule has 0 fully saturated rings. The van der Waals surface area contributed by atoms with Gasteiger partial charge >= 0.3 is 12.3 Å². The fourth-order valence-electron chi connectivity index (χ4n) is 1.87. The van der Waals surface area contributed by atoms with E-state index in [-0.39, 0.29) is 11.4 Å². The maximum atomic E-state index is 12.8. The number of ether oxygens (including phenoxy) is 1. The molecule has 0 N–H and O–H groups in total. The van der Waals surface area contributed by atoms with E-state index >= 15 is 0 Å². The average Bonchev–Trinajstić information content (AvgIpc) is 2.39. The number of methoxy groups -OCH3 is 1. The lowest BCUT2D eigenvalue weighted by molar-refractivity contribution is -0.129. The fourth-order valence-corrected chi connectivity index (χ4v) is 3.38. The maximum absolute atomic E-state index is 12.8. The highest BCUT2D eigenvalue weighted by Crippen LogP contribution is 2.29. The Kier molecular flexibility index (Phi) is 5.77. The quantitative estimate of drug-likeness (QED) is 0.715. The smallest absolute Gasteiger partial charge is 0.308 e. The van der Waals surface area contributed by atoms with Crippen LogP contribution in [-0.4, -0.2) is 38.6 Å². The minimum atomic E-state index is -4.32. The summed E-state index contributed by atoms with van der Waals surface area (Å²) in [5.41, 5.74) is 1.43. The lowest BCUT2D eigenvalue weighted by atomic mass is 10.1. The summed E-state index contributed by atoms with van der Waals surface area (Å²) in [6.07, 6.45) is -5.31. The molecule has 126 valence electrons. The van der Waals surface area contributed by atoms with E-state index in [1.165, 1.54) is 7.11 Å². The molecule has 4 nitrogen and oxygen atoms in total. The van der Waals surface area contributed by atoms with Crippen molar-refractivity contribution in [2.75, 3.05) is 12.9 Å². The van der Waals surface area contributed by atoms with E-state index in [2.05, 4.69) is 4.98 Å². The van der Waals surface area contributed by atoms with E-state index in [9.17, 15) is 26.0 Å². The van der Waals surface area contributed by atoms with Crippen molar-refractivity contribution in [1.29, 1.82) is 0 Å². The van der Waals surface area contributed by atoms with Crippen molar-refractivity contribution in [3.05, 3.63) is 22.9 Å². The molecule has 0 aliphatic heterocycles. The normalized spacial score (nSPS) is 12.7. The van der Waals surface area contributed by atoms with Gasteiger partial charge in [0, 0.05) is 17.7 Å². The molecule has 22 heavy (non-hydrogen) atoms. The lowest BCUT2D eigenvalue weighted by Crippen LogP contribution is -2.29. The molecule has 0 bridgehead atoms. The SMILES string of the molecule is COc1nc(C)cc(C)c1CS(=O)(=O)CCC(F)(F)C(F)F. The van der Waals surface area contributed by atoms with Crippen LogP contribution in [0.25, 0.3) is 0 Å². The number of aryl methyl sites for hydroxylation is 2. The van der Waals surface area contributed by atoms with Gasteiger partial charge in [0.1, 0.15) is 0 Å². The summed E-state index contributed by atoms with van der Waals surface area (Å²) in [6, 6.07) is 1.63. The number of hydrogen-bond donors (Lipinski definition) is 0. The molecule has 0 atom stereocenters. The maximum Gasteiger partial charge on any atom is 0.308 e. The van der Waals surface area contributed by atoms with Gasteiger partial charge in [-0.2, -0.15) is 0 Å². The first-order chi connectivity index (χ1) is 9.98. The second kappa shape index (κ2) is 6.80. The first-order valence-corrected chi connectivity index (χ1v) is 8.18. The second-order valence-corrected chi connectivity index (χ2v) is 7.16. The first kappa shape index (κ1) is 18.7. The summed E-state index contributed by atoms with van der Waals surface area (Å²) in [5.74, 6) is -5.87. The predicted molar refractivity (Wildman–Crippen MR) is 73.3 cm³/mol. The van der Waals surface area contributed by atoms with Crippen LogP contribution in [0.15, 0.2) is 6.07 Å². The van der Waals surface area contributed by atoms with Gasteiger partial charge in [-0.3, -0.25) is 0 Å². The van der Waals surface area contributed by atoms with E-state index in [1.807, 2.05) is 0 Å². The van der Waals surface area contributed by atoms with E-state index < -0.39 is 40.1 Å². The number of rotatable bonds is 7. The number of hydrogen-bond acceptors (Lipinski definition) is 4. The number of nitrogens with zero attached hydrogens (tertiary/aromatic N) is 1. The number of pyridine rings is 1.